The van der Waals surface area contributed by atoms with Crippen molar-refractivity contribution in [2.24, 2.45) is 0 Å². The second kappa shape index (κ2) is 6.33. The first-order chi connectivity index (χ1) is 12.5. The van der Waals surface area contributed by atoms with Crippen molar-refractivity contribution < 1.29 is 9.53 Å². The van der Waals surface area contributed by atoms with E-state index in [4.69, 9.17) is 4.74 Å². The summed E-state index contributed by atoms with van der Waals surface area (Å²) in [5, 5.41) is 1.04. The smallest absolute Gasteiger partial charge is 0.254 e. The van der Waals surface area contributed by atoms with E-state index >= 15 is 0 Å². The molecule has 2 aromatic carbocycles. The zero-order valence-corrected chi connectivity index (χ0v) is 14.8. The molecule has 1 N–H and O–H groups in total. The van der Waals surface area contributed by atoms with Gasteiger partial charge in [0.05, 0.1) is 7.11 Å². The van der Waals surface area contributed by atoms with Gasteiger partial charge in [-0.15, -0.1) is 0 Å². The zero-order valence-electron chi connectivity index (χ0n) is 14.8. The van der Waals surface area contributed by atoms with Gasteiger partial charge in [0.2, 0.25) is 0 Å². The molecule has 0 atom stereocenters. The molecule has 1 amide bonds. The zero-order chi connectivity index (χ0) is 18.3. The molecule has 3 aromatic rings. The molecule has 0 fully saturated rings. The minimum atomic E-state index is -0.0717. The van der Waals surface area contributed by atoms with Crippen LogP contribution in [-0.4, -0.2) is 29.4 Å². The highest BCUT2D eigenvalue weighted by molar-refractivity contribution is 5.95. The Morgan fingerprint density at radius 2 is 2.00 bits per heavy atom. The van der Waals surface area contributed by atoms with E-state index in [0.717, 1.165) is 22.9 Å². The Kier molecular flexibility index (Phi) is 3.99. The van der Waals surface area contributed by atoms with Crippen LogP contribution in [0.1, 0.15) is 27.0 Å². The molecule has 0 aliphatic carbocycles. The lowest BCUT2D eigenvalue weighted by molar-refractivity contribution is 0.0734. The minimum absolute atomic E-state index is 0.00736. The molecule has 26 heavy (non-hydrogen) atoms. The van der Waals surface area contributed by atoms with Crippen LogP contribution in [0.5, 0.6) is 5.75 Å². The van der Waals surface area contributed by atoms with Crippen LogP contribution >= 0.6 is 0 Å². The minimum Gasteiger partial charge on any atom is -0.497 e. The van der Waals surface area contributed by atoms with Crippen LogP contribution in [-0.2, 0) is 13.0 Å². The Morgan fingerprint density at radius 1 is 1.15 bits per heavy atom. The number of benzene rings is 2. The number of amides is 1. The van der Waals surface area contributed by atoms with Crippen LogP contribution in [0.2, 0.25) is 0 Å². The summed E-state index contributed by atoms with van der Waals surface area (Å²) in [5.41, 5.74) is 4.39. The van der Waals surface area contributed by atoms with E-state index < -0.39 is 0 Å². The summed E-state index contributed by atoms with van der Waals surface area (Å²) in [6.45, 7) is 3.03. The highest BCUT2D eigenvalue weighted by Gasteiger charge is 2.22. The van der Waals surface area contributed by atoms with E-state index in [0.29, 0.717) is 30.0 Å². The van der Waals surface area contributed by atoms with Gasteiger partial charge < -0.3 is 14.6 Å². The van der Waals surface area contributed by atoms with Crippen molar-refractivity contribution in [2.45, 2.75) is 19.9 Å². The summed E-state index contributed by atoms with van der Waals surface area (Å²) in [6, 6.07) is 13.3. The Morgan fingerprint density at radius 3 is 2.81 bits per heavy atom. The quantitative estimate of drug-likeness (QED) is 0.774. The number of aromatic nitrogens is 1. The molecule has 1 aliphatic rings. The summed E-state index contributed by atoms with van der Waals surface area (Å²) in [5.74, 6) is 0.666. The number of nitrogens with zero attached hydrogens (tertiary/aromatic N) is 1. The highest BCUT2D eigenvalue weighted by atomic mass is 16.5. The number of pyridine rings is 1. The monoisotopic (exact) mass is 348 g/mol. The van der Waals surface area contributed by atoms with Crippen LogP contribution in [0.25, 0.3) is 10.9 Å². The molecule has 2 heterocycles. The van der Waals surface area contributed by atoms with Crippen molar-refractivity contribution in [3.8, 4) is 5.75 Å². The first-order valence-corrected chi connectivity index (χ1v) is 8.64. The number of carbonyl (C=O) groups is 1. The Bertz CT molecular complexity index is 1070. The molecule has 0 saturated heterocycles. The number of carbonyl (C=O) groups excluding carboxylic acids is 1. The second-order valence-electron chi connectivity index (χ2n) is 6.70. The van der Waals surface area contributed by atoms with E-state index in [-0.39, 0.29) is 11.5 Å². The van der Waals surface area contributed by atoms with Crippen LogP contribution in [0, 0.1) is 6.92 Å². The van der Waals surface area contributed by atoms with Gasteiger partial charge in [-0.1, -0.05) is 6.07 Å². The molecule has 4 rings (SSSR count). The maximum Gasteiger partial charge on any atom is 0.254 e. The number of hydrogen-bond acceptors (Lipinski definition) is 3. The number of methoxy groups -OCH3 is 1. The number of hydrogen-bond donors (Lipinski definition) is 1. The van der Waals surface area contributed by atoms with Crippen molar-refractivity contribution in [3.05, 3.63) is 75.1 Å². The third kappa shape index (κ3) is 2.86. The molecule has 1 aliphatic heterocycles. The van der Waals surface area contributed by atoms with Gasteiger partial charge >= 0.3 is 0 Å². The first kappa shape index (κ1) is 16.4. The van der Waals surface area contributed by atoms with E-state index in [9.17, 15) is 9.59 Å². The van der Waals surface area contributed by atoms with Crippen molar-refractivity contribution in [2.75, 3.05) is 13.7 Å². The Hall–Kier alpha value is -3.08. The van der Waals surface area contributed by atoms with Gasteiger partial charge in [-0.05, 0) is 66.3 Å². The summed E-state index contributed by atoms with van der Waals surface area (Å²) in [4.78, 5) is 29.5. The van der Waals surface area contributed by atoms with Crippen molar-refractivity contribution >= 4 is 16.8 Å². The van der Waals surface area contributed by atoms with Crippen molar-refractivity contribution in [1.29, 1.82) is 0 Å². The molecule has 0 spiro atoms. The largest absolute Gasteiger partial charge is 0.497 e. The molecule has 1 aromatic heterocycles. The predicted molar refractivity (Wildman–Crippen MR) is 101 cm³/mol. The lowest BCUT2D eigenvalue weighted by Gasteiger charge is -2.29. The fourth-order valence-electron chi connectivity index (χ4n) is 3.49. The fraction of sp³-hybridized carbons (Fsp3) is 0.238. The van der Waals surface area contributed by atoms with E-state index in [1.165, 1.54) is 5.56 Å². The van der Waals surface area contributed by atoms with Crippen molar-refractivity contribution in [3.63, 3.8) is 0 Å². The second-order valence-corrected chi connectivity index (χ2v) is 6.70. The topological polar surface area (TPSA) is 62.4 Å². The summed E-state index contributed by atoms with van der Waals surface area (Å²) < 4.78 is 5.21. The van der Waals surface area contributed by atoms with Crippen LogP contribution in [0.4, 0.5) is 0 Å². The molecule has 0 radical (unpaired) electrons. The number of rotatable bonds is 2. The van der Waals surface area contributed by atoms with Crippen LogP contribution in [0.3, 0.4) is 0 Å². The number of H-pyrrole nitrogens is 1. The Labute approximate surface area is 151 Å². The van der Waals surface area contributed by atoms with E-state index in [1.54, 1.807) is 19.2 Å². The Balaban J connectivity index is 1.66. The van der Waals surface area contributed by atoms with Gasteiger partial charge in [0.25, 0.3) is 11.5 Å². The maximum absolute atomic E-state index is 12.9. The standard InChI is InChI=1S/C21H20N2O3/c1-13-8-16-9-14-6-7-23(12-17(14)11-19(16)22-20(13)24)21(25)15-4-3-5-18(10-15)26-2/h3-5,8-11H,6-7,12H2,1-2H3,(H,22,24). The first-order valence-electron chi connectivity index (χ1n) is 8.64. The number of aryl methyl sites for hydroxylation is 1. The molecular weight excluding hydrogens is 328 g/mol. The summed E-state index contributed by atoms with van der Waals surface area (Å²) >= 11 is 0. The summed E-state index contributed by atoms with van der Waals surface area (Å²) in [7, 11) is 1.59. The van der Waals surface area contributed by atoms with E-state index in [1.807, 2.05) is 36.1 Å². The predicted octanol–water partition coefficient (Wildman–Crippen LogP) is 3.04. The molecule has 0 saturated carbocycles. The van der Waals surface area contributed by atoms with Gasteiger partial charge in [0, 0.05) is 29.7 Å². The van der Waals surface area contributed by atoms with Gasteiger partial charge in [0.1, 0.15) is 5.75 Å². The number of aromatic amines is 1. The number of ether oxygens (including phenoxy) is 1. The average Bonchev–Trinajstić information content (AvgIpc) is 2.66. The third-order valence-corrected chi connectivity index (χ3v) is 4.97. The van der Waals surface area contributed by atoms with Gasteiger partial charge in [0.15, 0.2) is 0 Å². The molecule has 0 unspecified atom stereocenters. The van der Waals surface area contributed by atoms with Gasteiger partial charge in [-0.2, -0.15) is 0 Å². The molecule has 132 valence electrons. The lowest BCUT2D eigenvalue weighted by Crippen LogP contribution is -2.36. The van der Waals surface area contributed by atoms with Crippen molar-refractivity contribution in [1.82, 2.24) is 9.88 Å². The highest BCUT2D eigenvalue weighted by Crippen LogP contribution is 2.25. The molecule has 0 bridgehead atoms. The SMILES string of the molecule is COc1cccc(C(=O)N2CCc3cc4cc(C)c(=O)[nH]c4cc3C2)c1. The lowest BCUT2D eigenvalue weighted by atomic mass is 9.96. The van der Waals surface area contributed by atoms with Gasteiger partial charge in [-0.25, -0.2) is 0 Å². The van der Waals surface area contributed by atoms with Crippen LogP contribution in [0.15, 0.2) is 47.3 Å². The van der Waals surface area contributed by atoms with Crippen LogP contribution < -0.4 is 10.3 Å². The van der Waals surface area contributed by atoms with E-state index in [2.05, 4.69) is 11.1 Å². The summed E-state index contributed by atoms with van der Waals surface area (Å²) in [6.07, 6.45) is 0.805. The number of fused-ring (bicyclic) bond motifs is 2. The molecule has 5 nitrogen and oxygen atoms in total. The number of nitrogens with one attached hydrogen (secondary N) is 1. The molecule has 5 heteroatoms. The van der Waals surface area contributed by atoms with Gasteiger partial charge in [-0.3, -0.25) is 9.59 Å². The average molecular weight is 348 g/mol. The maximum atomic E-state index is 12.9. The third-order valence-electron chi connectivity index (χ3n) is 4.97. The fourth-order valence-corrected chi connectivity index (χ4v) is 3.49. The normalized spacial score (nSPS) is 13.5. The molecular formula is C21H20N2O3.